The van der Waals surface area contributed by atoms with Crippen molar-refractivity contribution in [3.05, 3.63) is 35.4 Å². The van der Waals surface area contributed by atoms with Crippen molar-refractivity contribution in [1.82, 2.24) is 15.0 Å². The zero-order valence-electron chi connectivity index (χ0n) is 21.0. The molecule has 1 saturated carbocycles. The first-order valence-electron chi connectivity index (χ1n) is 12.4. The van der Waals surface area contributed by atoms with Gasteiger partial charge in [0.2, 0.25) is 0 Å². The number of nitrogens with one attached hydrogen (secondary N) is 1. The molecule has 2 fully saturated rings. The summed E-state index contributed by atoms with van der Waals surface area (Å²) in [6.45, 7) is 5.69. The standard InChI is InChI=1S/C25H35FN6O3/c1-16(2)23-28-25(35-30-23)32-13-11-20(12-14-32)34-29-19-8-5-17(6-9-19)18-7-10-22(21(26)15-18)27-24(33)31(3)4/h7,10,15-17,20H,5-6,8-9,11-14H2,1-4H3,(H,27,33). The van der Waals surface area contributed by atoms with Crippen LogP contribution in [0.5, 0.6) is 0 Å². The number of carbonyl (C=O) groups is 1. The maximum Gasteiger partial charge on any atom is 0.324 e. The molecule has 35 heavy (non-hydrogen) atoms. The molecule has 0 radical (unpaired) electrons. The number of nitrogens with zero attached hydrogens (tertiary/aromatic N) is 5. The van der Waals surface area contributed by atoms with Crippen molar-refractivity contribution in [3.63, 3.8) is 0 Å². The van der Waals surface area contributed by atoms with Crippen LogP contribution in [-0.4, -0.2) is 60.1 Å². The SMILES string of the molecule is CC(C)c1noc(N2CCC(ON=C3CCC(c4ccc(NC(=O)N(C)C)c(F)c4)CC3)CC2)n1. The number of aromatic nitrogens is 2. The Bertz CT molecular complexity index is 1040. The molecular formula is C25H35FN6O3. The van der Waals surface area contributed by atoms with E-state index in [1.165, 1.54) is 11.0 Å². The number of hydrogen-bond acceptors (Lipinski definition) is 7. The van der Waals surface area contributed by atoms with E-state index in [1.54, 1.807) is 20.2 Å². The fourth-order valence-electron chi connectivity index (χ4n) is 4.38. The normalized spacial score (nSPS) is 19.1. The highest BCUT2D eigenvalue weighted by Crippen LogP contribution is 2.33. The van der Waals surface area contributed by atoms with Gasteiger partial charge in [-0.15, -0.1) is 0 Å². The van der Waals surface area contributed by atoms with Crippen LogP contribution in [0.25, 0.3) is 0 Å². The average molecular weight is 487 g/mol. The molecule has 10 heteroatoms. The van der Waals surface area contributed by atoms with Gasteiger partial charge in [-0.05, 0) is 49.3 Å². The van der Waals surface area contributed by atoms with E-state index in [0.717, 1.165) is 68.7 Å². The molecule has 4 rings (SSSR count). The topological polar surface area (TPSA) is 96.1 Å². The number of benzene rings is 1. The molecule has 1 aromatic heterocycles. The van der Waals surface area contributed by atoms with Crippen molar-refractivity contribution in [2.45, 2.75) is 70.3 Å². The molecule has 2 amide bonds. The van der Waals surface area contributed by atoms with Crippen LogP contribution in [-0.2, 0) is 4.84 Å². The summed E-state index contributed by atoms with van der Waals surface area (Å²) in [5, 5.41) is 11.1. The number of hydrogen-bond donors (Lipinski definition) is 1. The summed E-state index contributed by atoms with van der Waals surface area (Å²) in [6, 6.07) is 5.31. The van der Waals surface area contributed by atoms with Gasteiger partial charge in [0.25, 0.3) is 0 Å². The predicted molar refractivity (Wildman–Crippen MR) is 132 cm³/mol. The van der Waals surface area contributed by atoms with Crippen LogP contribution < -0.4 is 10.2 Å². The molecule has 1 saturated heterocycles. The number of carbonyl (C=O) groups excluding carboxylic acids is 1. The first-order chi connectivity index (χ1) is 16.8. The van der Waals surface area contributed by atoms with Gasteiger partial charge in [-0.25, -0.2) is 9.18 Å². The third-order valence-electron chi connectivity index (χ3n) is 6.67. The van der Waals surface area contributed by atoms with E-state index in [1.807, 2.05) is 19.9 Å². The fourth-order valence-corrected chi connectivity index (χ4v) is 4.38. The van der Waals surface area contributed by atoms with Crippen molar-refractivity contribution in [3.8, 4) is 0 Å². The quantitative estimate of drug-likeness (QED) is 0.569. The highest BCUT2D eigenvalue weighted by Gasteiger charge is 2.26. The largest absolute Gasteiger partial charge is 0.392 e. The highest BCUT2D eigenvalue weighted by atomic mass is 19.1. The Morgan fingerprint density at radius 2 is 1.94 bits per heavy atom. The van der Waals surface area contributed by atoms with Crippen LogP contribution in [0.15, 0.2) is 27.9 Å². The molecule has 0 unspecified atom stereocenters. The lowest BCUT2D eigenvalue weighted by Gasteiger charge is -2.29. The summed E-state index contributed by atoms with van der Waals surface area (Å²) in [6.07, 6.45) is 5.28. The van der Waals surface area contributed by atoms with Crippen LogP contribution in [0.4, 0.5) is 20.9 Å². The Balaban J connectivity index is 1.23. The fraction of sp³-hybridized carbons (Fsp3) is 0.600. The smallest absolute Gasteiger partial charge is 0.324 e. The molecule has 1 aromatic carbocycles. The lowest BCUT2D eigenvalue weighted by molar-refractivity contribution is 0.0401. The molecule has 1 aliphatic heterocycles. The minimum absolute atomic E-state index is 0.0861. The zero-order chi connectivity index (χ0) is 24.9. The third kappa shape index (κ3) is 6.29. The highest BCUT2D eigenvalue weighted by molar-refractivity contribution is 5.89. The minimum atomic E-state index is -0.409. The number of halogens is 1. The van der Waals surface area contributed by atoms with Gasteiger partial charge in [0.15, 0.2) is 5.82 Å². The van der Waals surface area contributed by atoms with E-state index in [0.29, 0.717) is 6.01 Å². The van der Waals surface area contributed by atoms with E-state index in [-0.39, 0.29) is 29.7 Å². The second kappa shape index (κ2) is 11.0. The molecule has 2 heterocycles. The van der Waals surface area contributed by atoms with Gasteiger partial charge < -0.3 is 24.5 Å². The molecular weight excluding hydrogens is 451 g/mol. The lowest BCUT2D eigenvalue weighted by Crippen LogP contribution is -2.36. The van der Waals surface area contributed by atoms with Crippen molar-refractivity contribution in [2.24, 2.45) is 5.16 Å². The van der Waals surface area contributed by atoms with Crippen LogP contribution >= 0.6 is 0 Å². The number of urea groups is 1. The first-order valence-corrected chi connectivity index (χ1v) is 12.4. The van der Waals surface area contributed by atoms with Crippen molar-refractivity contribution < 1.29 is 18.5 Å². The Labute approximate surface area is 205 Å². The summed E-state index contributed by atoms with van der Waals surface area (Å²) in [4.78, 5) is 25.6. The van der Waals surface area contributed by atoms with Crippen LogP contribution in [0.3, 0.4) is 0 Å². The van der Waals surface area contributed by atoms with Gasteiger partial charge in [-0.3, -0.25) is 0 Å². The van der Waals surface area contributed by atoms with E-state index < -0.39 is 5.82 Å². The molecule has 2 aromatic rings. The number of oxime groups is 1. The van der Waals surface area contributed by atoms with Gasteiger partial charge in [0.1, 0.15) is 11.9 Å². The molecule has 1 aliphatic carbocycles. The second-order valence-corrected chi connectivity index (χ2v) is 9.88. The zero-order valence-corrected chi connectivity index (χ0v) is 21.0. The molecule has 2 aliphatic rings. The van der Waals surface area contributed by atoms with Crippen LogP contribution in [0.1, 0.15) is 75.6 Å². The summed E-state index contributed by atoms with van der Waals surface area (Å²) in [5.74, 6) is 0.840. The third-order valence-corrected chi connectivity index (χ3v) is 6.67. The number of rotatable bonds is 6. The first kappa shape index (κ1) is 24.9. The van der Waals surface area contributed by atoms with Crippen molar-refractivity contribution in [1.29, 1.82) is 0 Å². The van der Waals surface area contributed by atoms with Gasteiger partial charge >= 0.3 is 12.0 Å². The van der Waals surface area contributed by atoms with Crippen LogP contribution in [0.2, 0.25) is 0 Å². The average Bonchev–Trinajstić information content (AvgIpc) is 3.35. The maximum atomic E-state index is 14.5. The maximum absolute atomic E-state index is 14.5. The van der Waals surface area contributed by atoms with E-state index in [9.17, 15) is 9.18 Å². The molecule has 0 atom stereocenters. The number of piperidine rings is 1. The summed E-state index contributed by atoms with van der Waals surface area (Å²) >= 11 is 0. The Kier molecular flexibility index (Phi) is 7.87. The molecule has 0 bridgehead atoms. The molecule has 1 N–H and O–H groups in total. The molecule has 190 valence electrons. The van der Waals surface area contributed by atoms with Gasteiger partial charge in [-0.1, -0.05) is 30.2 Å². The van der Waals surface area contributed by atoms with Gasteiger partial charge in [0, 0.05) is 45.9 Å². The van der Waals surface area contributed by atoms with E-state index >= 15 is 0 Å². The molecule has 9 nitrogen and oxygen atoms in total. The van der Waals surface area contributed by atoms with Crippen molar-refractivity contribution >= 4 is 23.4 Å². The summed E-state index contributed by atoms with van der Waals surface area (Å²) in [7, 11) is 3.24. The van der Waals surface area contributed by atoms with Crippen LogP contribution in [0, 0.1) is 5.82 Å². The number of amides is 2. The number of anilines is 2. The minimum Gasteiger partial charge on any atom is -0.392 e. The Hall–Kier alpha value is -3.17. The predicted octanol–water partition coefficient (Wildman–Crippen LogP) is 5.12. The van der Waals surface area contributed by atoms with Gasteiger partial charge in [-0.2, -0.15) is 4.98 Å². The van der Waals surface area contributed by atoms with Gasteiger partial charge in [0.05, 0.1) is 11.4 Å². The second-order valence-electron chi connectivity index (χ2n) is 9.88. The Morgan fingerprint density at radius 3 is 2.54 bits per heavy atom. The summed E-state index contributed by atoms with van der Waals surface area (Å²) in [5.41, 5.74) is 2.22. The van der Waals surface area contributed by atoms with E-state index in [4.69, 9.17) is 9.36 Å². The monoisotopic (exact) mass is 486 g/mol. The lowest BCUT2D eigenvalue weighted by atomic mass is 9.83. The Morgan fingerprint density at radius 1 is 1.23 bits per heavy atom. The molecule has 0 spiro atoms. The van der Waals surface area contributed by atoms with Crippen molar-refractivity contribution in [2.75, 3.05) is 37.4 Å². The summed E-state index contributed by atoms with van der Waals surface area (Å²) < 4.78 is 19.9. The van der Waals surface area contributed by atoms with E-state index in [2.05, 4.69) is 25.5 Å².